The zero-order valence-electron chi connectivity index (χ0n) is 20.6. The average molecular weight is 443 g/mol. The first-order valence-corrected chi connectivity index (χ1v) is 13.0. The highest BCUT2D eigenvalue weighted by molar-refractivity contribution is 5.89. The number of fused-ring (bicyclic) bond motifs is 5. The second kappa shape index (κ2) is 7.70. The molecule has 5 aliphatic rings. The van der Waals surface area contributed by atoms with Gasteiger partial charge in [-0.25, -0.2) is 4.79 Å². The molecule has 0 spiro atoms. The van der Waals surface area contributed by atoms with Crippen molar-refractivity contribution in [3.63, 3.8) is 0 Å². The van der Waals surface area contributed by atoms with Crippen LogP contribution in [-0.2, 0) is 9.53 Å². The minimum Gasteiger partial charge on any atom is -0.458 e. The molecule has 32 heavy (non-hydrogen) atoms. The van der Waals surface area contributed by atoms with Gasteiger partial charge in [-0.05, 0) is 87.4 Å². The molecule has 1 aliphatic heterocycles. The Hall–Kier alpha value is -1.13. The zero-order valence-corrected chi connectivity index (χ0v) is 20.6. The summed E-state index contributed by atoms with van der Waals surface area (Å²) in [6.07, 6.45) is 9.58. The molecule has 4 nitrogen and oxygen atoms in total. The predicted octanol–water partition coefficient (Wildman–Crippen LogP) is 5.19. The van der Waals surface area contributed by atoms with Crippen LogP contribution in [0.1, 0.15) is 86.0 Å². The van der Waals surface area contributed by atoms with E-state index in [2.05, 4.69) is 33.8 Å². The van der Waals surface area contributed by atoms with Crippen molar-refractivity contribution in [1.82, 2.24) is 0 Å². The minimum absolute atomic E-state index is 0.00141. The number of hydrogen-bond acceptors (Lipinski definition) is 4. The van der Waals surface area contributed by atoms with Crippen LogP contribution in [0.4, 0.5) is 0 Å². The van der Waals surface area contributed by atoms with E-state index in [-0.39, 0.29) is 22.9 Å². The van der Waals surface area contributed by atoms with Gasteiger partial charge in [-0.2, -0.15) is 0 Å². The number of carbonyl (C=O) groups is 1. The van der Waals surface area contributed by atoms with Crippen LogP contribution in [0.15, 0.2) is 22.8 Å². The Morgan fingerprint density at radius 2 is 1.84 bits per heavy atom. The van der Waals surface area contributed by atoms with Crippen molar-refractivity contribution in [2.75, 3.05) is 0 Å². The lowest BCUT2D eigenvalue weighted by atomic mass is 9.46. The van der Waals surface area contributed by atoms with Crippen LogP contribution in [0.2, 0.25) is 0 Å². The number of ether oxygens (including phenoxy) is 1. The predicted molar refractivity (Wildman–Crippen MR) is 125 cm³/mol. The van der Waals surface area contributed by atoms with Crippen molar-refractivity contribution in [1.29, 1.82) is 0 Å². The zero-order chi connectivity index (χ0) is 23.0. The largest absolute Gasteiger partial charge is 0.458 e. The molecular formula is C28H42O4. The van der Waals surface area contributed by atoms with E-state index in [4.69, 9.17) is 4.74 Å². The first-order chi connectivity index (χ1) is 15.1. The van der Waals surface area contributed by atoms with Crippen molar-refractivity contribution in [3.8, 4) is 0 Å². The molecular weight excluding hydrogens is 400 g/mol. The van der Waals surface area contributed by atoms with Crippen molar-refractivity contribution < 1.29 is 19.7 Å². The number of hydrogen-bond donors (Lipinski definition) is 2. The summed E-state index contributed by atoms with van der Waals surface area (Å²) in [5.41, 5.74) is 3.39. The van der Waals surface area contributed by atoms with Gasteiger partial charge in [-0.15, -0.1) is 0 Å². The number of carbonyl (C=O) groups excluding carboxylic acids is 1. The Kier molecular flexibility index (Phi) is 5.45. The number of aliphatic hydroxyl groups excluding tert-OH is 2. The van der Waals surface area contributed by atoms with E-state index in [1.54, 1.807) is 0 Å². The lowest BCUT2D eigenvalue weighted by Crippen LogP contribution is -2.56. The van der Waals surface area contributed by atoms with E-state index >= 15 is 0 Å². The topological polar surface area (TPSA) is 66.8 Å². The third-order valence-corrected chi connectivity index (χ3v) is 11.2. The monoisotopic (exact) mass is 442 g/mol. The summed E-state index contributed by atoms with van der Waals surface area (Å²) in [6, 6.07) is 0. The molecule has 3 saturated carbocycles. The van der Waals surface area contributed by atoms with Crippen LogP contribution < -0.4 is 0 Å². The number of aliphatic hydroxyl groups is 2. The van der Waals surface area contributed by atoms with Crippen LogP contribution >= 0.6 is 0 Å². The highest BCUT2D eigenvalue weighted by atomic mass is 16.5. The van der Waals surface area contributed by atoms with Gasteiger partial charge >= 0.3 is 5.97 Å². The maximum absolute atomic E-state index is 12.4. The molecule has 0 aromatic heterocycles. The summed E-state index contributed by atoms with van der Waals surface area (Å²) in [4.78, 5) is 12.4. The molecule has 4 aliphatic carbocycles. The summed E-state index contributed by atoms with van der Waals surface area (Å²) in [7, 11) is 0. The SMILES string of the molecule is CC1=C(C)C(=O)O[C@@H]([C@@H](C)[C@H]2CC[C@H]3[C@@H]4CC=C5C[C@@H](O)C[C@H](O)[C@]5(C)[C@H]4CC[C@]23C)C1. The average Bonchev–Trinajstić information content (AvgIpc) is 3.09. The second-order valence-electron chi connectivity index (χ2n) is 12.4. The molecule has 0 unspecified atom stereocenters. The number of cyclic esters (lactones) is 1. The summed E-state index contributed by atoms with van der Waals surface area (Å²) in [5.74, 6) is 2.61. The van der Waals surface area contributed by atoms with E-state index in [1.807, 2.05) is 6.92 Å². The van der Waals surface area contributed by atoms with Crippen molar-refractivity contribution in [2.45, 2.75) is 104 Å². The van der Waals surface area contributed by atoms with Gasteiger partial charge < -0.3 is 14.9 Å². The highest BCUT2D eigenvalue weighted by Crippen LogP contribution is 2.67. The highest BCUT2D eigenvalue weighted by Gasteiger charge is 2.61. The molecule has 10 atom stereocenters. The van der Waals surface area contributed by atoms with Crippen LogP contribution in [-0.4, -0.2) is 34.5 Å². The minimum atomic E-state index is -0.439. The maximum atomic E-state index is 12.4. The molecule has 2 N–H and O–H groups in total. The van der Waals surface area contributed by atoms with Gasteiger partial charge in [0.05, 0.1) is 12.2 Å². The number of esters is 1. The Bertz CT molecular complexity index is 857. The molecule has 0 amide bonds. The standard InChI is InChI=1S/C28H42O4/c1-15-12-24(32-26(31)16(15)2)17(3)21-8-9-22-20-7-6-18-13-19(29)14-25(30)28(18,5)23(20)10-11-27(21,22)4/h6,17,19-25,29-30H,7-14H2,1-5H3/t17-,19+,20-,21+,22-,23-,24+,25-,27+,28-/m0/s1. The van der Waals surface area contributed by atoms with E-state index in [9.17, 15) is 15.0 Å². The van der Waals surface area contributed by atoms with E-state index in [1.165, 1.54) is 30.4 Å². The van der Waals surface area contributed by atoms with Crippen molar-refractivity contribution in [3.05, 3.63) is 22.8 Å². The van der Waals surface area contributed by atoms with Gasteiger partial charge in [0.2, 0.25) is 0 Å². The van der Waals surface area contributed by atoms with Crippen LogP contribution in [0.25, 0.3) is 0 Å². The molecule has 4 heteroatoms. The normalized spacial score (nSPS) is 49.5. The summed E-state index contributed by atoms with van der Waals surface area (Å²) in [5, 5.41) is 21.4. The smallest absolute Gasteiger partial charge is 0.333 e. The third-order valence-electron chi connectivity index (χ3n) is 11.2. The lowest BCUT2D eigenvalue weighted by molar-refractivity contribution is -0.152. The molecule has 5 rings (SSSR count). The first-order valence-electron chi connectivity index (χ1n) is 13.0. The molecule has 1 heterocycles. The molecule has 0 bridgehead atoms. The molecule has 0 aromatic carbocycles. The van der Waals surface area contributed by atoms with Crippen molar-refractivity contribution in [2.24, 2.45) is 40.4 Å². The fourth-order valence-electron chi connectivity index (χ4n) is 9.05. The molecule has 0 saturated heterocycles. The quantitative estimate of drug-likeness (QED) is 0.456. The molecule has 0 aromatic rings. The summed E-state index contributed by atoms with van der Waals surface area (Å²) < 4.78 is 5.92. The molecule has 3 fully saturated rings. The van der Waals surface area contributed by atoms with Gasteiger partial charge in [0.15, 0.2) is 0 Å². The van der Waals surface area contributed by atoms with Crippen molar-refractivity contribution >= 4 is 5.97 Å². The second-order valence-corrected chi connectivity index (χ2v) is 12.4. The lowest BCUT2D eigenvalue weighted by Gasteiger charge is -2.59. The van der Waals surface area contributed by atoms with Gasteiger partial charge in [-0.3, -0.25) is 0 Å². The fraction of sp³-hybridized carbons (Fsp3) is 0.821. The van der Waals surface area contributed by atoms with E-state index < -0.39 is 12.2 Å². The van der Waals surface area contributed by atoms with Gasteiger partial charge in [0.25, 0.3) is 0 Å². The Morgan fingerprint density at radius 1 is 1.09 bits per heavy atom. The Labute approximate surface area is 193 Å². The summed E-state index contributed by atoms with van der Waals surface area (Å²) >= 11 is 0. The Morgan fingerprint density at radius 3 is 2.56 bits per heavy atom. The van der Waals surface area contributed by atoms with Crippen LogP contribution in [0, 0.1) is 40.4 Å². The molecule has 0 radical (unpaired) electrons. The van der Waals surface area contributed by atoms with E-state index in [0.29, 0.717) is 36.0 Å². The van der Waals surface area contributed by atoms with Gasteiger partial charge in [-0.1, -0.05) is 38.0 Å². The van der Waals surface area contributed by atoms with Crippen LogP contribution in [0.5, 0.6) is 0 Å². The molecule has 178 valence electrons. The van der Waals surface area contributed by atoms with Gasteiger partial charge in [0.1, 0.15) is 6.10 Å². The fourth-order valence-corrected chi connectivity index (χ4v) is 9.05. The third kappa shape index (κ3) is 3.11. The first kappa shape index (κ1) is 22.7. The maximum Gasteiger partial charge on any atom is 0.333 e. The number of allylic oxidation sites excluding steroid dienone is 1. The Balaban J connectivity index is 1.39. The van der Waals surface area contributed by atoms with Crippen LogP contribution in [0.3, 0.4) is 0 Å². The summed E-state index contributed by atoms with van der Waals surface area (Å²) in [6.45, 7) is 11.1. The van der Waals surface area contributed by atoms with E-state index in [0.717, 1.165) is 31.3 Å². The number of rotatable bonds is 2. The van der Waals surface area contributed by atoms with Gasteiger partial charge in [0, 0.05) is 23.8 Å².